The van der Waals surface area contributed by atoms with E-state index < -0.39 is 0 Å². The van der Waals surface area contributed by atoms with Gasteiger partial charge < -0.3 is 5.32 Å². The third-order valence-corrected chi connectivity index (χ3v) is 4.47. The van der Waals surface area contributed by atoms with Gasteiger partial charge in [0.2, 0.25) is 0 Å². The van der Waals surface area contributed by atoms with Gasteiger partial charge in [-0.25, -0.2) is 0 Å². The zero-order valence-electron chi connectivity index (χ0n) is 12.8. The molecule has 0 saturated heterocycles. The van der Waals surface area contributed by atoms with E-state index in [0.717, 1.165) is 19.5 Å². The van der Waals surface area contributed by atoms with Gasteiger partial charge in [-0.05, 0) is 57.1 Å². The summed E-state index contributed by atoms with van der Waals surface area (Å²) in [6.07, 6.45) is 7.61. The molecule has 0 bridgehead atoms. The van der Waals surface area contributed by atoms with Crippen LogP contribution in [0.2, 0.25) is 0 Å². The molecule has 1 fully saturated rings. The molecule has 0 aliphatic heterocycles. The molecule has 0 atom stereocenters. The van der Waals surface area contributed by atoms with E-state index in [9.17, 15) is 0 Å². The topological polar surface area (TPSA) is 29.9 Å². The van der Waals surface area contributed by atoms with Gasteiger partial charge in [0.15, 0.2) is 0 Å². The summed E-state index contributed by atoms with van der Waals surface area (Å²) in [6.45, 7) is 9.94. The van der Waals surface area contributed by atoms with Gasteiger partial charge in [-0.1, -0.05) is 20.3 Å². The molecule has 0 unspecified atom stereocenters. The lowest BCUT2D eigenvalue weighted by molar-refractivity contribution is 0.127. The molecular weight excluding hydrogens is 234 g/mol. The molecule has 1 N–H and O–H groups in total. The van der Waals surface area contributed by atoms with E-state index in [0.29, 0.717) is 5.41 Å². The Balaban J connectivity index is 2.03. The Bertz CT molecular complexity index is 391. The summed E-state index contributed by atoms with van der Waals surface area (Å²) in [5.74, 6) is 0. The van der Waals surface area contributed by atoms with Gasteiger partial charge in [-0.3, -0.25) is 4.68 Å². The molecule has 1 aromatic rings. The maximum atomic E-state index is 4.68. The van der Waals surface area contributed by atoms with Crippen LogP contribution in [0.25, 0.3) is 0 Å². The van der Waals surface area contributed by atoms with E-state index in [1.807, 2.05) is 0 Å². The molecule has 19 heavy (non-hydrogen) atoms. The van der Waals surface area contributed by atoms with Crippen molar-refractivity contribution >= 4 is 0 Å². The maximum absolute atomic E-state index is 4.68. The smallest absolute Gasteiger partial charge is 0.0624 e. The average Bonchev–Trinajstić information content (AvgIpc) is 2.78. The third kappa shape index (κ3) is 3.38. The molecule has 3 nitrogen and oxygen atoms in total. The molecule has 0 aromatic carbocycles. The van der Waals surface area contributed by atoms with Crippen molar-refractivity contribution in [3.05, 3.63) is 17.5 Å². The van der Waals surface area contributed by atoms with Gasteiger partial charge in [0, 0.05) is 18.8 Å². The van der Waals surface area contributed by atoms with E-state index in [2.05, 4.69) is 41.9 Å². The summed E-state index contributed by atoms with van der Waals surface area (Å²) in [4.78, 5) is 0. The summed E-state index contributed by atoms with van der Waals surface area (Å²) >= 11 is 0. The van der Waals surface area contributed by atoms with Crippen LogP contribution in [-0.2, 0) is 19.4 Å². The fraction of sp³-hybridized carbons (Fsp3) is 0.812. The Morgan fingerprint density at radius 3 is 2.63 bits per heavy atom. The zero-order chi connectivity index (χ0) is 13.7. The Labute approximate surface area is 117 Å². The highest BCUT2D eigenvalue weighted by molar-refractivity contribution is 5.14. The molecule has 1 aliphatic carbocycles. The van der Waals surface area contributed by atoms with Crippen molar-refractivity contribution in [3.63, 3.8) is 0 Å². The Kier molecular flexibility index (Phi) is 5.03. The van der Waals surface area contributed by atoms with Crippen LogP contribution in [0, 0.1) is 5.41 Å². The first kappa shape index (κ1) is 14.6. The van der Waals surface area contributed by atoms with Crippen molar-refractivity contribution in [2.45, 2.75) is 65.8 Å². The standard InChI is InChI=1S/C16H29N3/c1-4-10-17-13-16(8-7-9-16)12-15-11-14(5-2)18-19(15)6-3/h11,17H,4-10,12-13H2,1-3H3. The van der Waals surface area contributed by atoms with Crippen LogP contribution in [0.15, 0.2) is 6.07 Å². The van der Waals surface area contributed by atoms with Gasteiger partial charge in [0.25, 0.3) is 0 Å². The van der Waals surface area contributed by atoms with Crippen LogP contribution >= 0.6 is 0 Å². The van der Waals surface area contributed by atoms with E-state index in [1.54, 1.807) is 0 Å². The van der Waals surface area contributed by atoms with E-state index in [4.69, 9.17) is 0 Å². The van der Waals surface area contributed by atoms with Crippen LogP contribution < -0.4 is 5.32 Å². The first-order valence-electron chi connectivity index (χ1n) is 7.99. The molecule has 2 rings (SSSR count). The number of nitrogens with one attached hydrogen (secondary N) is 1. The highest BCUT2D eigenvalue weighted by Crippen LogP contribution is 2.43. The highest BCUT2D eigenvalue weighted by Gasteiger charge is 2.37. The quantitative estimate of drug-likeness (QED) is 0.730. The number of aromatic nitrogens is 2. The van der Waals surface area contributed by atoms with Crippen molar-refractivity contribution in [3.8, 4) is 0 Å². The minimum atomic E-state index is 0.507. The molecule has 0 radical (unpaired) electrons. The average molecular weight is 263 g/mol. The van der Waals surface area contributed by atoms with Crippen molar-refractivity contribution in [1.29, 1.82) is 0 Å². The second kappa shape index (κ2) is 6.56. The largest absolute Gasteiger partial charge is 0.316 e. The van der Waals surface area contributed by atoms with Gasteiger partial charge in [0.1, 0.15) is 0 Å². The minimum absolute atomic E-state index is 0.507. The normalized spacial score (nSPS) is 17.4. The van der Waals surface area contributed by atoms with Crippen molar-refractivity contribution in [2.24, 2.45) is 5.41 Å². The molecule has 108 valence electrons. The lowest BCUT2D eigenvalue weighted by atomic mass is 9.66. The fourth-order valence-electron chi connectivity index (χ4n) is 3.11. The summed E-state index contributed by atoms with van der Waals surface area (Å²) in [7, 11) is 0. The molecule has 0 amide bonds. The monoisotopic (exact) mass is 263 g/mol. The van der Waals surface area contributed by atoms with Gasteiger partial charge in [0.05, 0.1) is 5.69 Å². The minimum Gasteiger partial charge on any atom is -0.316 e. The first-order valence-corrected chi connectivity index (χ1v) is 7.99. The predicted octanol–water partition coefficient (Wildman–Crippen LogP) is 3.18. The van der Waals surface area contributed by atoms with Crippen molar-refractivity contribution in [1.82, 2.24) is 15.1 Å². The molecule has 1 saturated carbocycles. The van der Waals surface area contributed by atoms with Crippen LogP contribution in [-0.4, -0.2) is 22.9 Å². The van der Waals surface area contributed by atoms with Gasteiger partial charge in [-0.2, -0.15) is 5.10 Å². The second-order valence-electron chi connectivity index (χ2n) is 6.00. The number of aryl methyl sites for hydroxylation is 2. The number of hydrogen-bond donors (Lipinski definition) is 1. The van der Waals surface area contributed by atoms with E-state index >= 15 is 0 Å². The van der Waals surface area contributed by atoms with Crippen LogP contribution in [0.1, 0.15) is 57.8 Å². The predicted molar refractivity (Wildman–Crippen MR) is 80.4 cm³/mol. The Morgan fingerprint density at radius 1 is 1.32 bits per heavy atom. The molecule has 1 heterocycles. The van der Waals surface area contributed by atoms with Crippen LogP contribution in [0.5, 0.6) is 0 Å². The van der Waals surface area contributed by atoms with Crippen molar-refractivity contribution in [2.75, 3.05) is 13.1 Å². The van der Waals surface area contributed by atoms with Crippen LogP contribution in [0.4, 0.5) is 0 Å². The summed E-state index contributed by atoms with van der Waals surface area (Å²) < 4.78 is 2.21. The maximum Gasteiger partial charge on any atom is 0.0624 e. The van der Waals surface area contributed by atoms with Crippen LogP contribution in [0.3, 0.4) is 0 Å². The zero-order valence-corrected chi connectivity index (χ0v) is 12.8. The highest BCUT2D eigenvalue weighted by atomic mass is 15.3. The molecule has 1 aliphatic rings. The SMILES string of the molecule is CCCNCC1(Cc2cc(CC)nn2CC)CCC1. The number of nitrogens with zero attached hydrogens (tertiary/aromatic N) is 2. The lowest BCUT2D eigenvalue weighted by Crippen LogP contribution is -2.42. The fourth-order valence-corrected chi connectivity index (χ4v) is 3.11. The molecule has 0 spiro atoms. The lowest BCUT2D eigenvalue weighted by Gasteiger charge is -2.42. The molecule has 3 heteroatoms. The van der Waals surface area contributed by atoms with E-state index in [-0.39, 0.29) is 0 Å². The second-order valence-corrected chi connectivity index (χ2v) is 6.00. The number of rotatable bonds is 8. The van der Waals surface area contributed by atoms with Gasteiger partial charge >= 0.3 is 0 Å². The summed E-state index contributed by atoms with van der Waals surface area (Å²) in [5, 5.41) is 8.31. The Hall–Kier alpha value is -0.830. The Morgan fingerprint density at radius 2 is 2.11 bits per heavy atom. The molecule has 1 aromatic heterocycles. The summed E-state index contributed by atoms with van der Waals surface area (Å²) in [6, 6.07) is 2.32. The number of hydrogen-bond acceptors (Lipinski definition) is 2. The first-order chi connectivity index (χ1) is 9.23. The summed E-state index contributed by atoms with van der Waals surface area (Å²) in [5.41, 5.74) is 3.19. The molecular formula is C16H29N3. The van der Waals surface area contributed by atoms with E-state index in [1.165, 1.54) is 50.0 Å². The third-order valence-electron chi connectivity index (χ3n) is 4.47. The van der Waals surface area contributed by atoms with Gasteiger partial charge in [-0.15, -0.1) is 0 Å². The van der Waals surface area contributed by atoms with Crippen molar-refractivity contribution < 1.29 is 0 Å².